The van der Waals surface area contributed by atoms with E-state index in [9.17, 15) is 9.59 Å². The predicted molar refractivity (Wildman–Crippen MR) is 126 cm³/mol. The van der Waals surface area contributed by atoms with Crippen molar-refractivity contribution < 1.29 is 14.3 Å². The maximum atomic E-state index is 12.6. The SMILES string of the molecule is CC.CC1=C(C(=O)NC(C=O)C(C)C)C=CC(C2=CCC=C(N)C=C2)=CC1.COC. The smallest absolute Gasteiger partial charge is 0.251 e. The summed E-state index contributed by atoms with van der Waals surface area (Å²) in [5, 5.41) is 2.81. The van der Waals surface area contributed by atoms with Gasteiger partial charge in [0.15, 0.2) is 0 Å². The molecule has 0 aromatic rings. The molecule has 0 aromatic heterocycles. The first-order valence-corrected chi connectivity index (χ1v) is 10.4. The van der Waals surface area contributed by atoms with Crippen LogP contribution in [0.5, 0.6) is 0 Å². The third kappa shape index (κ3) is 9.23. The van der Waals surface area contributed by atoms with E-state index in [1.54, 1.807) is 14.2 Å². The van der Waals surface area contributed by atoms with Crippen molar-refractivity contribution in [3.63, 3.8) is 0 Å². The molecule has 0 spiro atoms. The summed E-state index contributed by atoms with van der Waals surface area (Å²) in [4.78, 5) is 23.7. The number of carbonyl (C=O) groups excluding carboxylic acids is 2. The zero-order chi connectivity index (χ0) is 23.1. The Labute approximate surface area is 182 Å². The number of nitrogens with one attached hydrogen (secondary N) is 1. The first-order valence-electron chi connectivity index (χ1n) is 10.4. The minimum atomic E-state index is -0.474. The van der Waals surface area contributed by atoms with Gasteiger partial charge in [-0.2, -0.15) is 0 Å². The quantitative estimate of drug-likeness (QED) is 0.647. The van der Waals surface area contributed by atoms with E-state index in [0.29, 0.717) is 12.0 Å². The first kappa shape index (κ1) is 27.3. The van der Waals surface area contributed by atoms with E-state index in [1.807, 2.05) is 65.0 Å². The maximum absolute atomic E-state index is 12.6. The van der Waals surface area contributed by atoms with Crippen LogP contribution >= 0.6 is 0 Å². The van der Waals surface area contributed by atoms with Crippen molar-refractivity contribution in [2.45, 2.75) is 53.5 Å². The molecule has 2 aliphatic rings. The van der Waals surface area contributed by atoms with Crippen LogP contribution in [0.2, 0.25) is 0 Å². The normalized spacial score (nSPS) is 16.5. The molecule has 5 heteroatoms. The molecule has 2 rings (SSSR count). The van der Waals surface area contributed by atoms with Gasteiger partial charge in [-0.1, -0.05) is 63.6 Å². The topological polar surface area (TPSA) is 81.4 Å². The van der Waals surface area contributed by atoms with Crippen LogP contribution in [0.1, 0.15) is 47.5 Å². The number of amides is 1. The van der Waals surface area contributed by atoms with Crippen molar-refractivity contribution in [1.29, 1.82) is 0 Å². The largest absolute Gasteiger partial charge is 0.399 e. The number of rotatable bonds is 5. The van der Waals surface area contributed by atoms with Crippen molar-refractivity contribution in [2.24, 2.45) is 11.7 Å². The highest BCUT2D eigenvalue weighted by Crippen LogP contribution is 2.24. The summed E-state index contributed by atoms with van der Waals surface area (Å²) in [7, 11) is 3.25. The molecule has 30 heavy (non-hydrogen) atoms. The highest BCUT2D eigenvalue weighted by atomic mass is 16.4. The number of ether oxygens (including phenoxy) is 1. The maximum Gasteiger partial charge on any atom is 0.251 e. The van der Waals surface area contributed by atoms with E-state index < -0.39 is 6.04 Å². The molecule has 0 radical (unpaired) electrons. The Kier molecular flexibility index (Phi) is 13.9. The number of allylic oxidation sites excluding steroid dienone is 9. The molecular formula is C25H38N2O3. The van der Waals surface area contributed by atoms with E-state index in [-0.39, 0.29) is 11.8 Å². The Bertz CT molecular complexity index is 750. The summed E-state index contributed by atoms with van der Waals surface area (Å²) in [6.07, 6.45) is 16.1. The number of aldehydes is 1. The first-order chi connectivity index (χ1) is 14.3. The molecule has 0 fully saturated rings. The number of nitrogens with two attached hydrogens (primary N) is 1. The number of methoxy groups -OCH3 is 1. The second kappa shape index (κ2) is 15.2. The molecule has 0 saturated heterocycles. The standard InChI is InChI=1S/C21H26N2O2.C2H6O.C2H6/c1-14(2)20(13-24)23-21(25)19-12-10-17(8-7-15(19)3)16-5-4-6-18(22)11-9-16;1-3-2;1-2/h5-6,8-14,20H,4,7,22H2,1-3H3,(H,23,25);1-2H3;1-2H3. The summed E-state index contributed by atoms with van der Waals surface area (Å²) >= 11 is 0. The molecule has 166 valence electrons. The number of carbonyl (C=O) groups is 2. The van der Waals surface area contributed by atoms with Gasteiger partial charge in [0, 0.05) is 25.5 Å². The van der Waals surface area contributed by atoms with E-state index in [0.717, 1.165) is 35.1 Å². The Morgan fingerprint density at radius 3 is 2.20 bits per heavy atom. The van der Waals surface area contributed by atoms with Gasteiger partial charge in [0.05, 0.1) is 6.04 Å². The lowest BCUT2D eigenvalue weighted by Gasteiger charge is -2.17. The van der Waals surface area contributed by atoms with Crippen molar-refractivity contribution in [3.05, 3.63) is 70.5 Å². The molecule has 0 saturated carbocycles. The van der Waals surface area contributed by atoms with Gasteiger partial charge in [0.25, 0.3) is 5.91 Å². The highest BCUT2D eigenvalue weighted by molar-refractivity contribution is 5.98. The average molecular weight is 415 g/mol. The summed E-state index contributed by atoms with van der Waals surface area (Å²) in [6, 6.07) is -0.474. The van der Waals surface area contributed by atoms with Gasteiger partial charge in [0.2, 0.25) is 0 Å². The highest BCUT2D eigenvalue weighted by Gasteiger charge is 2.19. The van der Waals surface area contributed by atoms with Crippen LogP contribution in [0, 0.1) is 5.92 Å². The summed E-state index contributed by atoms with van der Waals surface area (Å²) in [6.45, 7) is 9.77. The molecule has 1 unspecified atom stereocenters. The lowest BCUT2D eigenvalue weighted by molar-refractivity contribution is -0.121. The second-order valence-electron chi connectivity index (χ2n) is 7.11. The number of hydrogen-bond donors (Lipinski definition) is 2. The predicted octanol–water partition coefficient (Wildman–Crippen LogP) is 4.55. The van der Waals surface area contributed by atoms with Crippen LogP contribution in [0.3, 0.4) is 0 Å². The third-order valence-electron chi connectivity index (χ3n) is 4.40. The summed E-state index contributed by atoms with van der Waals surface area (Å²) in [5.41, 5.74) is 10.4. The third-order valence-corrected chi connectivity index (χ3v) is 4.40. The molecule has 0 aromatic carbocycles. The van der Waals surface area contributed by atoms with Crippen LogP contribution in [-0.4, -0.2) is 32.5 Å². The average Bonchev–Trinajstić information content (AvgIpc) is 3.05. The zero-order valence-corrected chi connectivity index (χ0v) is 19.5. The van der Waals surface area contributed by atoms with Crippen molar-refractivity contribution in [3.8, 4) is 0 Å². The van der Waals surface area contributed by atoms with E-state index in [4.69, 9.17) is 5.73 Å². The van der Waals surface area contributed by atoms with Crippen LogP contribution in [-0.2, 0) is 14.3 Å². The minimum absolute atomic E-state index is 0.0602. The van der Waals surface area contributed by atoms with Crippen molar-refractivity contribution in [1.82, 2.24) is 5.32 Å². The Morgan fingerprint density at radius 1 is 1.07 bits per heavy atom. The van der Waals surface area contributed by atoms with Gasteiger partial charge in [-0.25, -0.2) is 0 Å². The fourth-order valence-electron chi connectivity index (χ4n) is 2.69. The van der Waals surface area contributed by atoms with Gasteiger partial charge in [-0.15, -0.1) is 0 Å². The monoisotopic (exact) mass is 414 g/mol. The van der Waals surface area contributed by atoms with Gasteiger partial charge < -0.3 is 20.6 Å². The molecule has 0 aliphatic heterocycles. The number of hydrogen-bond acceptors (Lipinski definition) is 4. The van der Waals surface area contributed by atoms with Gasteiger partial charge in [-0.3, -0.25) is 4.79 Å². The van der Waals surface area contributed by atoms with Gasteiger partial charge >= 0.3 is 0 Å². The van der Waals surface area contributed by atoms with E-state index in [1.165, 1.54) is 0 Å². The van der Waals surface area contributed by atoms with Crippen LogP contribution in [0.4, 0.5) is 0 Å². The second-order valence-corrected chi connectivity index (χ2v) is 7.11. The fourth-order valence-corrected chi connectivity index (χ4v) is 2.69. The Morgan fingerprint density at radius 2 is 1.63 bits per heavy atom. The van der Waals surface area contributed by atoms with E-state index in [2.05, 4.69) is 22.2 Å². The van der Waals surface area contributed by atoms with Crippen LogP contribution < -0.4 is 11.1 Å². The lowest BCUT2D eigenvalue weighted by Crippen LogP contribution is -2.40. The molecule has 1 atom stereocenters. The van der Waals surface area contributed by atoms with E-state index >= 15 is 0 Å². The molecule has 2 aliphatic carbocycles. The summed E-state index contributed by atoms with van der Waals surface area (Å²) < 4.78 is 4.25. The van der Waals surface area contributed by atoms with Crippen LogP contribution in [0.15, 0.2) is 70.5 Å². The van der Waals surface area contributed by atoms with Gasteiger partial charge in [-0.05, 0) is 49.0 Å². The molecular weight excluding hydrogens is 376 g/mol. The minimum Gasteiger partial charge on any atom is -0.399 e. The lowest BCUT2D eigenvalue weighted by atomic mass is 10.0. The van der Waals surface area contributed by atoms with Crippen molar-refractivity contribution in [2.75, 3.05) is 14.2 Å². The molecule has 5 nitrogen and oxygen atoms in total. The summed E-state index contributed by atoms with van der Waals surface area (Å²) in [5.74, 6) is -0.143. The molecule has 0 heterocycles. The van der Waals surface area contributed by atoms with Crippen molar-refractivity contribution >= 4 is 12.2 Å². The van der Waals surface area contributed by atoms with Gasteiger partial charge in [0.1, 0.15) is 6.29 Å². The fraction of sp³-hybridized carbons (Fsp3) is 0.440. The zero-order valence-electron chi connectivity index (χ0n) is 19.5. The Balaban J connectivity index is 0.00000154. The Hall–Kier alpha value is -2.66. The molecule has 3 N–H and O–H groups in total. The molecule has 0 bridgehead atoms. The van der Waals surface area contributed by atoms with Crippen LogP contribution in [0.25, 0.3) is 0 Å². The molecule has 1 amide bonds.